The monoisotopic (exact) mass is 347 g/mol. The largest absolute Gasteiger partial charge is 0.346 e. The Balaban J connectivity index is 1.67. The minimum absolute atomic E-state index is 0.0412. The molecule has 1 aliphatic carbocycles. The Kier molecular flexibility index (Phi) is 4.29. The normalized spacial score (nSPS) is 18.7. The van der Waals surface area contributed by atoms with E-state index in [0.29, 0.717) is 0 Å². The topological polar surface area (TPSA) is 50.8 Å². The number of nitrogens with zero attached hydrogens (tertiary/aromatic N) is 3. The number of hydrogen-bond acceptors (Lipinski definition) is 2. The van der Waals surface area contributed by atoms with E-state index in [1.54, 1.807) is 0 Å². The fraction of sp³-hybridized carbons (Fsp3) is 0.286. The summed E-state index contributed by atoms with van der Waals surface area (Å²) >= 11 is 0. The molecule has 132 valence electrons. The average Bonchev–Trinajstić information content (AvgIpc) is 3.28. The standard InChI is InChI=1S/C21H22N4O/c1-15(2)21(26)23-20-18-11-7-6-8-16(18)12-19(20)24-13-22-25(14-24)17-9-4-3-5-10-17/h3-11,13-15,19-20H,12H2,1-2H3/p+1/t19?,20-/m1/s1. The van der Waals surface area contributed by atoms with Crippen molar-refractivity contribution >= 4 is 5.91 Å². The van der Waals surface area contributed by atoms with E-state index in [1.165, 1.54) is 11.1 Å². The number of carbonyl (C=O) groups excluding carboxylic acids is 1. The molecular weight excluding hydrogens is 324 g/mol. The smallest absolute Gasteiger partial charge is 0.265 e. The third kappa shape index (κ3) is 3.01. The van der Waals surface area contributed by atoms with Gasteiger partial charge in [-0.15, -0.1) is 0 Å². The van der Waals surface area contributed by atoms with Gasteiger partial charge in [0, 0.05) is 17.4 Å². The number of rotatable bonds is 4. The van der Waals surface area contributed by atoms with Crippen LogP contribution in [0.1, 0.15) is 37.1 Å². The van der Waals surface area contributed by atoms with Crippen LogP contribution in [0.2, 0.25) is 0 Å². The van der Waals surface area contributed by atoms with Gasteiger partial charge in [-0.25, -0.2) is 4.57 Å². The van der Waals surface area contributed by atoms with Gasteiger partial charge in [0.1, 0.15) is 11.7 Å². The zero-order chi connectivity index (χ0) is 18.1. The van der Waals surface area contributed by atoms with Crippen LogP contribution in [0.5, 0.6) is 0 Å². The first-order valence-corrected chi connectivity index (χ1v) is 9.02. The molecule has 1 aliphatic rings. The second-order valence-electron chi connectivity index (χ2n) is 7.08. The van der Waals surface area contributed by atoms with Crippen LogP contribution in [0, 0.1) is 5.92 Å². The number of carbonyl (C=O) groups is 1. The molecule has 0 saturated carbocycles. The van der Waals surface area contributed by atoms with Gasteiger partial charge in [-0.3, -0.25) is 4.79 Å². The lowest BCUT2D eigenvalue weighted by Gasteiger charge is -2.21. The molecule has 26 heavy (non-hydrogen) atoms. The van der Waals surface area contributed by atoms with Gasteiger partial charge in [0.15, 0.2) is 0 Å². The number of hydrogen-bond donors (Lipinski definition) is 1. The Hall–Kier alpha value is -2.95. The maximum absolute atomic E-state index is 12.4. The van der Waals surface area contributed by atoms with Crippen LogP contribution in [0.15, 0.2) is 67.3 Å². The maximum atomic E-state index is 12.4. The van der Waals surface area contributed by atoms with E-state index in [0.717, 1.165) is 12.1 Å². The Bertz CT molecular complexity index is 917. The van der Waals surface area contributed by atoms with Crippen molar-refractivity contribution in [2.45, 2.75) is 32.4 Å². The van der Waals surface area contributed by atoms with Crippen LogP contribution in [-0.4, -0.2) is 15.7 Å². The van der Waals surface area contributed by atoms with E-state index >= 15 is 0 Å². The van der Waals surface area contributed by atoms with Gasteiger partial charge in [-0.05, 0) is 23.3 Å². The van der Waals surface area contributed by atoms with Crippen molar-refractivity contribution in [3.63, 3.8) is 0 Å². The molecule has 3 aromatic rings. The molecule has 2 atom stereocenters. The Labute approximate surface area is 153 Å². The van der Waals surface area contributed by atoms with E-state index < -0.39 is 0 Å². The van der Waals surface area contributed by atoms with Crippen LogP contribution < -0.4 is 9.88 Å². The number of fused-ring (bicyclic) bond motifs is 1. The van der Waals surface area contributed by atoms with Gasteiger partial charge in [0.05, 0.1) is 6.04 Å². The molecule has 1 amide bonds. The minimum atomic E-state index is -0.0421. The molecule has 1 heterocycles. The predicted octanol–water partition coefficient (Wildman–Crippen LogP) is 2.77. The van der Waals surface area contributed by atoms with Crippen LogP contribution in [0.25, 0.3) is 5.69 Å². The minimum Gasteiger partial charge on any atom is -0.346 e. The van der Waals surface area contributed by atoms with Gasteiger partial charge >= 0.3 is 0 Å². The zero-order valence-corrected chi connectivity index (χ0v) is 15.0. The Morgan fingerprint density at radius 1 is 1.15 bits per heavy atom. The fourth-order valence-corrected chi connectivity index (χ4v) is 3.53. The molecule has 0 saturated heterocycles. The van der Waals surface area contributed by atoms with Gasteiger partial charge in [-0.2, -0.15) is 0 Å². The van der Waals surface area contributed by atoms with E-state index in [1.807, 2.05) is 67.6 Å². The summed E-state index contributed by atoms with van der Waals surface area (Å²) in [7, 11) is 0. The summed E-state index contributed by atoms with van der Waals surface area (Å²) in [5, 5.41) is 7.74. The second-order valence-corrected chi connectivity index (χ2v) is 7.08. The molecule has 5 heteroatoms. The third-order valence-electron chi connectivity index (χ3n) is 4.98. The van der Waals surface area contributed by atoms with Crippen molar-refractivity contribution in [1.29, 1.82) is 0 Å². The van der Waals surface area contributed by atoms with Crippen molar-refractivity contribution in [1.82, 2.24) is 15.1 Å². The number of amides is 1. The Morgan fingerprint density at radius 2 is 1.88 bits per heavy atom. The Morgan fingerprint density at radius 3 is 2.65 bits per heavy atom. The summed E-state index contributed by atoms with van der Waals surface area (Å²) in [6, 6.07) is 18.5. The average molecular weight is 347 g/mol. The van der Waals surface area contributed by atoms with Crippen LogP contribution >= 0.6 is 0 Å². The van der Waals surface area contributed by atoms with Crippen LogP contribution in [-0.2, 0) is 11.2 Å². The summed E-state index contributed by atoms with van der Waals surface area (Å²) in [5.41, 5.74) is 3.50. The van der Waals surface area contributed by atoms with Crippen molar-refractivity contribution in [3.8, 4) is 5.69 Å². The van der Waals surface area contributed by atoms with Crippen molar-refractivity contribution in [3.05, 3.63) is 78.4 Å². The summed E-state index contributed by atoms with van der Waals surface area (Å²) in [6.07, 6.45) is 4.73. The van der Waals surface area contributed by atoms with Gasteiger partial charge in [0.2, 0.25) is 12.2 Å². The van der Waals surface area contributed by atoms with E-state index in [-0.39, 0.29) is 23.9 Å². The molecule has 1 aromatic heterocycles. The van der Waals surface area contributed by atoms with Gasteiger partial charge in [-0.1, -0.05) is 61.0 Å². The van der Waals surface area contributed by atoms with E-state index in [9.17, 15) is 4.79 Å². The zero-order valence-electron chi connectivity index (χ0n) is 15.0. The number of benzene rings is 2. The molecule has 2 aromatic carbocycles. The molecule has 4 rings (SSSR count). The van der Waals surface area contributed by atoms with Crippen LogP contribution in [0.3, 0.4) is 0 Å². The molecule has 0 bridgehead atoms. The second kappa shape index (κ2) is 6.75. The highest BCUT2D eigenvalue weighted by molar-refractivity contribution is 5.78. The van der Waals surface area contributed by atoms with Gasteiger partial charge < -0.3 is 5.32 Å². The highest BCUT2D eigenvalue weighted by Gasteiger charge is 2.37. The molecule has 1 unspecified atom stereocenters. The third-order valence-corrected chi connectivity index (χ3v) is 4.98. The molecule has 0 radical (unpaired) electrons. The van der Waals surface area contributed by atoms with Crippen molar-refractivity contribution < 1.29 is 9.36 Å². The summed E-state index contributed by atoms with van der Waals surface area (Å²) < 4.78 is 3.97. The number of nitrogens with one attached hydrogen (secondary N) is 1. The maximum Gasteiger partial charge on any atom is 0.265 e. The molecule has 0 spiro atoms. The van der Waals surface area contributed by atoms with Crippen LogP contribution in [0.4, 0.5) is 0 Å². The highest BCUT2D eigenvalue weighted by atomic mass is 16.1. The first-order valence-electron chi connectivity index (χ1n) is 9.02. The first kappa shape index (κ1) is 16.5. The highest BCUT2D eigenvalue weighted by Crippen LogP contribution is 2.36. The van der Waals surface area contributed by atoms with E-state index in [2.05, 4.69) is 33.2 Å². The lowest BCUT2D eigenvalue weighted by molar-refractivity contribution is -0.725. The van der Waals surface area contributed by atoms with Gasteiger partial charge in [0.25, 0.3) is 6.33 Å². The molecule has 0 fully saturated rings. The summed E-state index contributed by atoms with van der Waals surface area (Å²) in [4.78, 5) is 12.4. The first-order chi connectivity index (χ1) is 12.6. The lowest BCUT2D eigenvalue weighted by atomic mass is 10.1. The SMILES string of the molecule is CC(C)C(=O)N[C@@H]1c2ccccc2CC1[n+]1cnn(-c2ccccc2)c1. The molecule has 1 N–H and O–H groups in total. The number of para-hydroxylation sites is 1. The molecule has 0 aliphatic heterocycles. The lowest BCUT2D eigenvalue weighted by Crippen LogP contribution is -2.46. The predicted molar refractivity (Wildman–Crippen MR) is 98.7 cm³/mol. The summed E-state index contributed by atoms with van der Waals surface area (Å²) in [5.74, 6) is 0.0354. The summed E-state index contributed by atoms with van der Waals surface area (Å²) in [6.45, 7) is 3.84. The van der Waals surface area contributed by atoms with Crippen molar-refractivity contribution in [2.75, 3.05) is 0 Å². The number of aromatic nitrogens is 3. The van der Waals surface area contributed by atoms with E-state index in [4.69, 9.17) is 0 Å². The van der Waals surface area contributed by atoms with Crippen molar-refractivity contribution in [2.24, 2.45) is 5.92 Å². The molecule has 5 nitrogen and oxygen atoms in total. The quantitative estimate of drug-likeness (QED) is 0.738. The fourth-order valence-electron chi connectivity index (χ4n) is 3.53. The molecular formula is C21H23N4O+.